The second kappa shape index (κ2) is 4.38. The molecule has 0 aliphatic rings. The molecule has 7 heteroatoms. The van der Waals surface area contributed by atoms with Crippen molar-refractivity contribution in [1.29, 1.82) is 5.26 Å². The van der Waals surface area contributed by atoms with Crippen LogP contribution in [0.15, 0.2) is 35.7 Å². The van der Waals surface area contributed by atoms with Gasteiger partial charge in [-0.05, 0) is 12.1 Å². The lowest BCUT2D eigenvalue weighted by molar-refractivity contribution is -0.137. The maximum absolute atomic E-state index is 13.0. The molecule has 2 rings (SSSR count). The molecule has 0 atom stereocenters. The Bertz CT molecular complexity index is 612. The summed E-state index contributed by atoms with van der Waals surface area (Å²) in [5.74, 6) is 0. The number of benzene rings is 1. The van der Waals surface area contributed by atoms with Crippen molar-refractivity contribution in [1.82, 2.24) is 9.55 Å². The van der Waals surface area contributed by atoms with Crippen LogP contribution in [0, 0.1) is 11.3 Å². The van der Waals surface area contributed by atoms with Gasteiger partial charge < -0.3 is 4.57 Å². The van der Waals surface area contributed by atoms with Gasteiger partial charge in [0.05, 0.1) is 29.2 Å². The molecule has 0 spiro atoms. The minimum atomic E-state index is -4.64. The van der Waals surface area contributed by atoms with E-state index >= 15 is 0 Å². The van der Waals surface area contributed by atoms with Crippen LogP contribution in [0.25, 0.3) is 5.69 Å². The Kier molecular flexibility index (Phi) is 3.05. The number of aromatic nitrogens is 2. The smallest absolute Gasteiger partial charge is 0.305 e. The van der Waals surface area contributed by atoms with Crippen molar-refractivity contribution in [3.63, 3.8) is 0 Å². The Balaban J connectivity index is 2.83. The molecule has 2 aromatic rings. The topological polar surface area (TPSA) is 41.6 Å². The summed E-state index contributed by atoms with van der Waals surface area (Å²) in [6, 6.07) is 4.00. The summed E-state index contributed by atoms with van der Waals surface area (Å²) in [5.41, 5.74) is -1.64. The van der Waals surface area contributed by atoms with Gasteiger partial charge in [-0.25, -0.2) is 4.98 Å². The van der Waals surface area contributed by atoms with Crippen LogP contribution >= 0.6 is 12.6 Å². The van der Waals surface area contributed by atoms with Gasteiger partial charge in [-0.2, -0.15) is 18.4 Å². The second-order valence-corrected chi connectivity index (χ2v) is 3.92. The third-order valence-corrected chi connectivity index (χ3v) is 2.68. The van der Waals surface area contributed by atoms with E-state index in [0.29, 0.717) is 0 Å². The van der Waals surface area contributed by atoms with Crippen molar-refractivity contribution >= 4 is 12.6 Å². The molecule has 0 unspecified atom stereocenters. The maximum atomic E-state index is 13.0. The van der Waals surface area contributed by atoms with Crippen LogP contribution in [-0.2, 0) is 6.18 Å². The fourth-order valence-electron chi connectivity index (χ4n) is 1.61. The molecule has 1 aromatic carbocycles. The highest BCUT2D eigenvalue weighted by Crippen LogP contribution is 2.38. The Morgan fingerprint density at radius 1 is 1.33 bits per heavy atom. The summed E-state index contributed by atoms with van der Waals surface area (Å²) in [5, 5.41) is 8.79. The van der Waals surface area contributed by atoms with E-state index in [1.165, 1.54) is 29.4 Å². The Morgan fingerprint density at radius 3 is 2.56 bits per heavy atom. The van der Waals surface area contributed by atoms with Crippen LogP contribution in [0.4, 0.5) is 13.2 Å². The number of hydrogen-bond donors (Lipinski definition) is 1. The zero-order valence-corrected chi connectivity index (χ0v) is 9.70. The first kappa shape index (κ1) is 12.5. The van der Waals surface area contributed by atoms with Gasteiger partial charge >= 0.3 is 6.18 Å². The molecular formula is C11H6F3N3S. The third kappa shape index (κ3) is 2.07. The van der Waals surface area contributed by atoms with Crippen LogP contribution in [0.3, 0.4) is 0 Å². The van der Waals surface area contributed by atoms with Crippen LogP contribution in [0.5, 0.6) is 0 Å². The standard InChI is InChI=1S/C11H6F3N3S/c12-11(13,14)9-7(5-15)1-2-8(18)10(9)17-4-3-16-6-17/h1-4,6,18H. The highest BCUT2D eigenvalue weighted by Gasteiger charge is 2.37. The van der Waals surface area contributed by atoms with Gasteiger partial charge in [-0.15, -0.1) is 12.6 Å². The van der Waals surface area contributed by atoms with Crippen LogP contribution < -0.4 is 0 Å². The highest BCUT2D eigenvalue weighted by molar-refractivity contribution is 7.80. The fraction of sp³-hybridized carbons (Fsp3) is 0.0909. The summed E-state index contributed by atoms with van der Waals surface area (Å²) in [6.45, 7) is 0. The summed E-state index contributed by atoms with van der Waals surface area (Å²) < 4.78 is 40.3. The molecule has 1 heterocycles. The van der Waals surface area contributed by atoms with Crippen LogP contribution in [0.1, 0.15) is 11.1 Å². The molecule has 3 nitrogen and oxygen atoms in total. The van der Waals surface area contributed by atoms with Crippen molar-refractivity contribution in [2.75, 3.05) is 0 Å². The van der Waals surface area contributed by atoms with Gasteiger partial charge in [-0.1, -0.05) is 0 Å². The molecule has 92 valence electrons. The van der Waals surface area contributed by atoms with E-state index < -0.39 is 17.3 Å². The van der Waals surface area contributed by atoms with Gasteiger partial charge in [0.25, 0.3) is 0 Å². The van der Waals surface area contributed by atoms with Gasteiger partial charge in [0, 0.05) is 17.3 Å². The van der Waals surface area contributed by atoms with Crippen molar-refractivity contribution in [3.05, 3.63) is 42.0 Å². The number of alkyl halides is 3. The number of hydrogen-bond acceptors (Lipinski definition) is 3. The zero-order chi connectivity index (χ0) is 13.3. The minimum Gasteiger partial charge on any atom is -0.305 e. The normalized spacial score (nSPS) is 11.3. The van der Waals surface area contributed by atoms with Gasteiger partial charge in [0.2, 0.25) is 0 Å². The first-order valence-electron chi connectivity index (χ1n) is 4.76. The Hall–Kier alpha value is -1.94. The molecule has 0 radical (unpaired) electrons. The van der Waals surface area contributed by atoms with Crippen LogP contribution in [-0.4, -0.2) is 9.55 Å². The number of rotatable bonds is 1. The predicted octanol–water partition coefficient (Wildman–Crippen LogP) is 3.05. The SMILES string of the molecule is N#Cc1ccc(S)c(-n2ccnc2)c1C(F)(F)F. The lowest BCUT2D eigenvalue weighted by Gasteiger charge is -2.16. The maximum Gasteiger partial charge on any atom is 0.419 e. The zero-order valence-electron chi connectivity index (χ0n) is 8.81. The number of thiol groups is 1. The summed E-state index contributed by atoms with van der Waals surface area (Å²) in [4.78, 5) is 3.82. The number of nitriles is 1. The molecule has 18 heavy (non-hydrogen) atoms. The Morgan fingerprint density at radius 2 is 2.06 bits per heavy atom. The predicted molar refractivity (Wildman–Crippen MR) is 60.5 cm³/mol. The molecular weight excluding hydrogens is 263 g/mol. The second-order valence-electron chi connectivity index (χ2n) is 3.44. The fourth-order valence-corrected chi connectivity index (χ4v) is 1.91. The van der Waals surface area contributed by atoms with E-state index in [1.807, 2.05) is 0 Å². The van der Waals surface area contributed by atoms with Gasteiger partial charge in [-0.3, -0.25) is 0 Å². The molecule has 0 aliphatic carbocycles. The molecule has 0 aliphatic heterocycles. The molecule has 0 fully saturated rings. The average Bonchev–Trinajstić information content (AvgIpc) is 2.80. The van der Waals surface area contributed by atoms with Crippen molar-refractivity contribution in [3.8, 4) is 11.8 Å². The first-order valence-corrected chi connectivity index (χ1v) is 5.21. The van der Waals surface area contributed by atoms with Gasteiger partial charge in [0.15, 0.2) is 0 Å². The molecule has 0 bridgehead atoms. The molecule has 1 aromatic heterocycles. The average molecular weight is 269 g/mol. The monoisotopic (exact) mass is 269 g/mol. The quantitative estimate of drug-likeness (QED) is 0.808. The lowest BCUT2D eigenvalue weighted by Crippen LogP contribution is -2.13. The highest BCUT2D eigenvalue weighted by atomic mass is 32.1. The lowest BCUT2D eigenvalue weighted by atomic mass is 10.1. The van der Waals surface area contributed by atoms with E-state index in [-0.39, 0.29) is 10.6 Å². The van der Waals surface area contributed by atoms with Gasteiger partial charge in [0.1, 0.15) is 0 Å². The molecule has 0 saturated heterocycles. The minimum absolute atomic E-state index is 0.124. The van der Waals surface area contributed by atoms with Crippen molar-refractivity contribution < 1.29 is 13.2 Å². The summed E-state index contributed by atoms with van der Waals surface area (Å²) in [6.07, 6.45) is -0.688. The molecule has 0 N–H and O–H groups in total. The third-order valence-electron chi connectivity index (χ3n) is 2.32. The first-order chi connectivity index (χ1) is 8.45. The Labute approximate surface area is 106 Å². The van der Waals surface area contributed by atoms with E-state index in [9.17, 15) is 13.2 Å². The largest absolute Gasteiger partial charge is 0.419 e. The summed E-state index contributed by atoms with van der Waals surface area (Å²) in [7, 11) is 0. The molecule has 0 saturated carbocycles. The van der Waals surface area contributed by atoms with Crippen molar-refractivity contribution in [2.24, 2.45) is 0 Å². The molecule has 0 amide bonds. The van der Waals surface area contributed by atoms with E-state index in [2.05, 4.69) is 17.6 Å². The van der Waals surface area contributed by atoms with E-state index in [1.54, 1.807) is 6.07 Å². The van der Waals surface area contributed by atoms with E-state index in [0.717, 1.165) is 6.07 Å². The number of nitrogens with zero attached hydrogens (tertiary/aromatic N) is 3. The number of imidazole rings is 1. The van der Waals surface area contributed by atoms with E-state index in [4.69, 9.17) is 5.26 Å². The van der Waals surface area contributed by atoms with Crippen LogP contribution in [0.2, 0.25) is 0 Å². The van der Waals surface area contributed by atoms with Crippen molar-refractivity contribution in [2.45, 2.75) is 11.1 Å². The summed E-state index contributed by atoms with van der Waals surface area (Å²) >= 11 is 4.01. The number of halogens is 3.